The summed E-state index contributed by atoms with van der Waals surface area (Å²) >= 11 is 0. The summed E-state index contributed by atoms with van der Waals surface area (Å²) < 4.78 is 5.21. The van der Waals surface area contributed by atoms with Crippen LogP contribution < -0.4 is 10.6 Å². The van der Waals surface area contributed by atoms with E-state index >= 15 is 0 Å². The highest BCUT2D eigenvalue weighted by Crippen LogP contribution is 2.17. The molecule has 0 fully saturated rings. The molecule has 2 amide bonds. The highest BCUT2D eigenvalue weighted by molar-refractivity contribution is 5.94. The summed E-state index contributed by atoms with van der Waals surface area (Å²) in [6.45, 7) is 0.319. The van der Waals surface area contributed by atoms with Crippen molar-refractivity contribution in [3.8, 4) is 0 Å². The normalized spacial score (nSPS) is 11.5. The molecule has 3 rings (SSSR count). The first-order chi connectivity index (χ1) is 12.7. The SMILES string of the molecule is O=C(C[C@H](NC(=O)c1ccccc1)c1ccccc1)NCc1ccco1. The van der Waals surface area contributed by atoms with Crippen LogP contribution in [0.2, 0.25) is 0 Å². The molecule has 1 atom stereocenters. The smallest absolute Gasteiger partial charge is 0.251 e. The Morgan fingerprint density at radius 2 is 1.58 bits per heavy atom. The van der Waals surface area contributed by atoms with E-state index in [1.165, 1.54) is 0 Å². The zero-order valence-electron chi connectivity index (χ0n) is 14.2. The molecular weight excluding hydrogens is 328 g/mol. The van der Waals surface area contributed by atoms with Crippen LogP contribution in [-0.2, 0) is 11.3 Å². The molecule has 5 nitrogen and oxygen atoms in total. The molecule has 0 saturated heterocycles. The van der Waals surface area contributed by atoms with Crippen molar-refractivity contribution >= 4 is 11.8 Å². The fraction of sp³-hybridized carbons (Fsp3) is 0.143. The summed E-state index contributed by atoms with van der Waals surface area (Å²) in [5, 5.41) is 5.76. The molecule has 0 unspecified atom stereocenters. The number of nitrogens with one attached hydrogen (secondary N) is 2. The Labute approximate surface area is 152 Å². The second-order valence-electron chi connectivity index (χ2n) is 5.86. The number of benzene rings is 2. The average Bonchev–Trinajstić information content (AvgIpc) is 3.21. The van der Waals surface area contributed by atoms with E-state index in [1.54, 1.807) is 30.5 Å². The summed E-state index contributed by atoms with van der Waals surface area (Å²) in [5.41, 5.74) is 1.44. The van der Waals surface area contributed by atoms with Crippen molar-refractivity contribution in [2.75, 3.05) is 0 Å². The van der Waals surface area contributed by atoms with Crippen molar-refractivity contribution in [1.82, 2.24) is 10.6 Å². The third kappa shape index (κ3) is 4.83. The largest absolute Gasteiger partial charge is 0.467 e. The molecule has 0 aliphatic carbocycles. The van der Waals surface area contributed by atoms with Crippen molar-refractivity contribution in [1.29, 1.82) is 0 Å². The van der Waals surface area contributed by atoms with Gasteiger partial charge in [0.2, 0.25) is 5.91 Å². The van der Waals surface area contributed by atoms with Crippen molar-refractivity contribution in [3.63, 3.8) is 0 Å². The van der Waals surface area contributed by atoms with Gasteiger partial charge in [-0.15, -0.1) is 0 Å². The lowest BCUT2D eigenvalue weighted by Gasteiger charge is -2.19. The molecule has 0 aliphatic rings. The first-order valence-corrected chi connectivity index (χ1v) is 8.42. The highest BCUT2D eigenvalue weighted by Gasteiger charge is 2.19. The van der Waals surface area contributed by atoms with Crippen LogP contribution in [0.3, 0.4) is 0 Å². The predicted molar refractivity (Wildman–Crippen MR) is 98.3 cm³/mol. The Balaban J connectivity index is 1.67. The third-order valence-electron chi connectivity index (χ3n) is 3.97. The van der Waals surface area contributed by atoms with Gasteiger partial charge in [0.15, 0.2) is 0 Å². The van der Waals surface area contributed by atoms with Crippen LogP contribution in [0.4, 0.5) is 0 Å². The molecule has 2 aromatic carbocycles. The molecule has 0 radical (unpaired) electrons. The second-order valence-corrected chi connectivity index (χ2v) is 5.86. The first kappa shape index (κ1) is 17.5. The van der Waals surface area contributed by atoms with Crippen LogP contribution in [0.15, 0.2) is 83.5 Å². The zero-order chi connectivity index (χ0) is 18.2. The Morgan fingerprint density at radius 3 is 2.23 bits per heavy atom. The number of hydrogen-bond acceptors (Lipinski definition) is 3. The van der Waals surface area contributed by atoms with Gasteiger partial charge in [-0.25, -0.2) is 0 Å². The molecule has 0 saturated carbocycles. The van der Waals surface area contributed by atoms with Crippen molar-refractivity contribution < 1.29 is 14.0 Å². The lowest BCUT2D eigenvalue weighted by molar-refractivity contribution is -0.121. The minimum absolute atomic E-state index is 0.142. The van der Waals surface area contributed by atoms with Gasteiger partial charge < -0.3 is 15.1 Å². The van der Waals surface area contributed by atoms with Crippen LogP contribution >= 0.6 is 0 Å². The Hall–Kier alpha value is -3.34. The highest BCUT2D eigenvalue weighted by atomic mass is 16.3. The maximum atomic E-state index is 12.5. The van der Waals surface area contributed by atoms with Gasteiger partial charge in [0.25, 0.3) is 5.91 Å². The van der Waals surface area contributed by atoms with Gasteiger partial charge in [-0.1, -0.05) is 48.5 Å². The van der Waals surface area contributed by atoms with Gasteiger partial charge >= 0.3 is 0 Å². The van der Waals surface area contributed by atoms with E-state index in [-0.39, 0.29) is 18.2 Å². The Morgan fingerprint density at radius 1 is 0.885 bits per heavy atom. The van der Waals surface area contributed by atoms with E-state index in [1.807, 2.05) is 48.5 Å². The Bertz CT molecular complexity index is 830. The quantitative estimate of drug-likeness (QED) is 0.687. The molecule has 0 bridgehead atoms. The number of rotatable bonds is 7. The molecule has 3 aromatic rings. The minimum Gasteiger partial charge on any atom is -0.467 e. The number of furan rings is 1. The molecule has 26 heavy (non-hydrogen) atoms. The molecule has 1 heterocycles. The topological polar surface area (TPSA) is 71.3 Å². The molecule has 132 valence electrons. The van der Waals surface area contributed by atoms with Gasteiger partial charge in [-0.05, 0) is 29.8 Å². The third-order valence-corrected chi connectivity index (χ3v) is 3.97. The van der Waals surface area contributed by atoms with Gasteiger partial charge in [0, 0.05) is 5.56 Å². The van der Waals surface area contributed by atoms with Gasteiger partial charge in [0.1, 0.15) is 5.76 Å². The monoisotopic (exact) mass is 348 g/mol. The fourth-order valence-corrected chi connectivity index (χ4v) is 2.63. The van der Waals surface area contributed by atoms with Crippen LogP contribution in [-0.4, -0.2) is 11.8 Å². The number of hydrogen-bond donors (Lipinski definition) is 2. The maximum absolute atomic E-state index is 12.5. The van der Waals surface area contributed by atoms with E-state index in [9.17, 15) is 9.59 Å². The number of carbonyl (C=O) groups excluding carboxylic acids is 2. The van der Waals surface area contributed by atoms with Crippen LogP contribution in [0.1, 0.15) is 34.1 Å². The van der Waals surface area contributed by atoms with E-state index in [0.29, 0.717) is 17.9 Å². The van der Waals surface area contributed by atoms with Crippen LogP contribution in [0.25, 0.3) is 0 Å². The Kier molecular flexibility index (Phi) is 5.83. The standard InChI is InChI=1S/C21H20N2O3/c24-20(22-15-18-12-7-13-26-18)14-19(16-8-3-1-4-9-16)23-21(25)17-10-5-2-6-11-17/h1-13,19H,14-15H2,(H,22,24)(H,23,25)/t19-/m0/s1. The average molecular weight is 348 g/mol. The van der Waals surface area contributed by atoms with E-state index in [4.69, 9.17) is 4.42 Å². The summed E-state index contributed by atoms with van der Waals surface area (Å²) in [5.74, 6) is 0.310. The van der Waals surface area contributed by atoms with E-state index < -0.39 is 6.04 Å². The second kappa shape index (κ2) is 8.67. The van der Waals surface area contributed by atoms with Crippen molar-refractivity contribution in [2.24, 2.45) is 0 Å². The molecule has 0 spiro atoms. The van der Waals surface area contributed by atoms with Gasteiger partial charge in [-0.2, -0.15) is 0 Å². The lowest BCUT2D eigenvalue weighted by atomic mass is 10.0. The lowest BCUT2D eigenvalue weighted by Crippen LogP contribution is -2.33. The van der Waals surface area contributed by atoms with Gasteiger partial charge in [-0.3, -0.25) is 9.59 Å². The maximum Gasteiger partial charge on any atom is 0.251 e. The summed E-state index contributed by atoms with van der Waals surface area (Å²) in [7, 11) is 0. The van der Waals surface area contributed by atoms with Crippen molar-refractivity contribution in [2.45, 2.75) is 19.0 Å². The summed E-state index contributed by atoms with van der Waals surface area (Å²) in [4.78, 5) is 24.8. The first-order valence-electron chi connectivity index (χ1n) is 8.42. The summed E-state index contributed by atoms with van der Waals surface area (Å²) in [6.07, 6.45) is 1.71. The molecular formula is C21H20N2O3. The fourth-order valence-electron chi connectivity index (χ4n) is 2.63. The molecule has 2 N–H and O–H groups in total. The predicted octanol–water partition coefficient (Wildman–Crippen LogP) is 3.46. The van der Waals surface area contributed by atoms with Crippen LogP contribution in [0.5, 0.6) is 0 Å². The number of carbonyl (C=O) groups is 2. The summed E-state index contributed by atoms with van der Waals surface area (Å²) in [6, 6.07) is 21.6. The van der Waals surface area contributed by atoms with E-state index in [0.717, 1.165) is 5.56 Å². The minimum atomic E-state index is -0.416. The zero-order valence-corrected chi connectivity index (χ0v) is 14.2. The van der Waals surface area contributed by atoms with Gasteiger partial charge in [0.05, 0.1) is 25.3 Å². The molecule has 0 aliphatic heterocycles. The van der Waals surface area contributed by atoms with Crippen molar-refractivity contribution in [3.05, 3.63) is 95.9 Å². The molecule has 5 heteroatoms. The van der Waals surface area contributed by atoms with E-state index in [2.05, 4.69) is 10.6 Å². The number of amides is 2. The molecule has 1 aromatic heterocycles. The van der Waals surface area contributed by atoms with Crippen LogP contribution in [0, 0.1) is 0 Å².